The van der Waals surface area contributed by atoms with Crippen LogP contribution in [0.15, 0.2) is 58.6 Å². The number of hydrogen-bond donors (Lipinski definition) is 0. The van der Waals surface area contributed by atoms with E-state index in [0.717, 1.165) is 0 Å². The minimum Gasteiger partial charge on any atom is -0.152 e. The Morgan fingerprint density at radius 3 is 2.07 bits per heavy atom. The van der Waals surface area contributed by atoms with Crippen molar-refractivity contribution in [2.24, 2.45) is 0 Å². The number of thiophene rings is 2. The fourth-order valence-electron chi connectivity index (χ4n) is 1.13. The molecule has 0 aliphatic carbocycles. The predicted molar refractivity (Wildman–Crippen MR) is 72.9 cm³/mol. The highest BCUT2D eigenvalue weighted by molar-refractivity contribution is 7.17. The number of fused-ring (bicyclic) bond motifs is 1. The summed E-state index contributed by atoms with van der Waals surface area (Å²) < 4.78 is 1.37. The molecule has 0 radical (unpaired) electrons. The Hall–Kier alpha value is -1.12. The zero-order valence-corrected chi connectivity index (χ0v) is 9.22. The van der Waals surface area contributed by atoms with Gasteiger partial charge in [0.05, 0.1) is 0 Å². The van der Waals surface area contributed by atoms with Crippen LogP contribution in [-0.4, -0.2) is 0 Å². The summed E-state index contributed by atoms with van der Waals surface area (Å²) in [6.45, 7) is 0. The van der Waals surface area contributed by atoms with Crippen LogP contribution in [0.2, 0.25) is 0 Å². The van der Waals surface area contributed by atoms with Gasteiger partial charge in [0.15, 0.2) is 0 Å². The van der Waals surface area contributed by atoms with E-state index < -0.39 is 0 Å². The second kappa shape index (κ2) is 6.38. The molecule has 0 aliphatic rings. The van der Waals surface area contributed by atoms with Gasteiger partial charge < -0.3 is 0 Å². The smallest absolute Gasteiger partial charge is 0.0342 e. The fourth-order valence-corrected chi connectivity index (χ4v) is 2.38. The molecule has 0 N–H and O–H groups in total. The van der Waals surface area contributed by atoms with Crippen molar-refractivity contribution in [1.29, 1.82) is 0 Å². The molecule has 0 atom stereocenters. The van der Waals surface area contributed by atoms with Gasteiger partial charge in [-0.05, 0) is 33.7 Å². The van der Waals surface area contributed by atoms with E-state index in [1.165, 1.54) is 10.1 Å². The molecule has 0 unspecified atom stereocenters. The first-order valence-corrected chi connectivity index (χ1v) is 6.18. The van der Waals surface area contributed by atoms with Crippen molar-refractivity contribution in [2.75, 3.05) is 0 Å². The molecule has 3 aromatic rings. The summed E-state index contributed by atoms with van der Waals surface area (Å²) in [7, 11) is 0. The van der Waals surface area contributed by atoms with Crippen molar-refractivity contribution >= 4 is 32.8 Å². The van der Waals surface area contributed by atoms with Crippen molar-refractivity contribution in [3.8, 4) is 0 Å². The highest BCUT2D eigenvalue weighted by atomic mass is 32.1. The molecule has 0 bridgehead atoms. The Labute approximate surface area is 98.8 Å². The summed E-state index contributed by atoms with van der Waals surface area (Å²) in [5, 5.41) is 7.55. The molecule has 2 heteroatoms. The summed E-state index contributed by atoms with van der Waals surface area (Å²) in [5.74, 6) is 0. The minimum absolute atomic E-state index is 0. The van der Waals surface area contributed by atoms with Crippen LogP contribution in [0.3, 0.4) is 0 Å². The van der Waals surface area contributed by atoms with E-state index in [-0.39, 0.29) is 7.43 Å². The van der Waals surface area contributed by atoms with Gasteiger partial charge in [-0.25, -0.2) is 0 Å². The molecule has 0 aliphatic heterocycles. The lowest BCUT2D eigenvalue weighted by molar-refractivity contribution is 1.86. The number of benzene rings is 1. The maximum absolute atomic E-state index is 2.14. The first-order chi connectivity index (χ1) is 6.97. The largest absolute Gasteiger partial charge is 0.152 e. The molecule has 0 spiro atoms. The average Bonchev–Trinajstić information content (AvgIpc) is 2.92. The molecule has 0 saturated heterocycles. The Kier molecular flexibility index (Phi) is 5.08. The third-order valence-electron chi connectivity index (χ3n) is 1.79. The maximum atomic E-state index is 2.14. The first kappa shape index (κ1) is 12.0. The second-order valence-corrected chi connectivity index (χ2v) is 4.52. The monoisotopic (exact) mass is 234 g/mol. The predicted octanol–water partition coefficient (Wildman–Crippen LogP) is 5.29. The van der Waals surface area contributed by atoms with Crippen LogP contribution < -0.4 is 0 Å². The van der Waals surface area contributed by atoms with E-state index in [2.05, 4.69) is 35.7 Å². The molecule has 0 nitrogen and oxygen atoms in total. The van der Waals surface area contributed by atoms with Gasteiger partial charge in [-0.2, -0.15) is 11.3 Å². The van der Waals surface area contributed by atoms with Crippen LogP contribution in [0.1, 0.15) is 7.43 Å². The molecule has 15 heavy (non-hydrogen) atoms. The highest BCUT2D eigenvalue weighted by Gasteiger charge is 1.87. The maximum Gasteiger partial charge on any atom is 0.0342 e. The SMILES string of the molecule is C.c1ccc2sccc2c1.c1ccsc1. The number of rotatable bonds is 0. The Morgan fingerprint density at radius 2 is 1.47 bits per heavy atom. The molecule has 2 aromatic heterocycles. The van der Waals surface area contributed by atoms with Gasteiger partial charge in [0.2, 0.25) is 0 Å². The lowest BCUT2D eigenvalue weighted by Crippen LogP contribution is -1.56. The topological polar surface area (TPSA) is 0 Å². The van der Waals surface area contributed by atoms with Crippen molar-refractivity contribution in [3.05, 3.63) is 58.6 Å². The van der Waals surface area contributed by atoms with E-state index >= 15 is 0 Å². The Bertz CT molecular complexity index is 419. The fraction of sp³-hybridized carbons (Fsp3) is 0.0769. The van der Waals surface area contributed by atoms with E-state index in [4.69, 9.17) is 0 Å². The van der Waals surface area contributed by atoms with Gasteiger partial charge >= 0.3 is 0 Å². The minimum atomic E-state index is 0. The van der Waals surface area contributed by atoms with E-state index in [0.29, 0.717) is 0 Å². The standard InChI is InChI=1S/C8H6S.C4H4S.CH4/c1-2-4-8-7(3-1)5-6-9-8;1-2-4-5-3-1;/h1-6H;1-4H;1H4. The summed E-state index contributed by atoms with van der Waals surface area (Å²) >= 11 is 3.50. The van der Waals surface area contributed by atoms with Crippen LogP contribution >= 0.6 is 22.7 Å². The lowest BCUT2D eigenvalue weighted by atomic mass is 10.3. The third-order valence-corrected chi connectivity index (χ3v) is 3.31. The van der Waals surface area contributed by atoms with Crippen LogP contribution in [0.5, 0.6) is 0 Å². The molecule has 0 saturated carbocycles. The molecule has 0 fully saturated rings. The molecular weight excluding hydrogens is 220 g/mol. The van der Waals surface area contributed by atoms with Crippen LogP contribution in [0, 0.1) is 0 Å². The van der Waals surface area contributed by atoms with E-state index in [1.807, 2.05) is 22.9 Å². The summed E-state index contributed by atoms with van der Waals surface area (Å²) in [5.41, 5.74) is 0. The quantitative estimate of drug-likeness (QED) is 0.496. The van der Waals surface area contributed by atoms with Crippen molar-refractivity contribution < 1.29 is 0 Å². The first-order valence-electron chi connectivity index (χ1n) is 4.36. The van der Waals surface area contributed by atoms with Crippen molar-refractivity contribution in [3.63, 3.8) is 0 Å². The second-order valence-electron chi connectivity index (χ2n) is 2.75. The highest BCUT2D eigenvalue weighted by Crippen LogP contribution is 2.18. The zero-order valence-electron chi connectivity index (χ0n) is 7.59. The molecule has 78 valence electrons. The van der Waals surface area contributed by atoms with Gasteiger partial charge in [0, 0.05) is 4.70 Å². The molecular formula is C13H14S2. The summed E-state index contributed by atoms with van der Waals surface area (Å²) in [4.78, 5) is 0. The Morgan fingerprint density at radius 1 is 0.733 bits per heavy atom. The third kappa shape index (κ3) is 3.50. The normalized spacial score (nSPS) is 8.80. The Balaban J connectivity index is 0.000000162. The van der Waals surface area contributed by atoms with Crippen molar-refractivity contribution in [1.82, 2.24) is 0 Å². The molecule has 0 amide bonds. The van der Waals surface area contributed by atoms with Gasteiger partial charge in [-0.3, -0.25) is 0 Å². The molecule has 1 aromatic carbocycles. The van der Waals surface area contributed by atoms with Gasteiger partial charge in [-0.1, -0.05) is 37.8 Å². The average molecular weight is 234 g/mol. The van der Waals surface area contributed by atoms with Gasteiger partial charge in [0.25, 0.3) is 0 Å². The van der Waals surface area contributed by atoms with Crippen LogP contribution in [0.25, 0.3) is 10.1 Å². The van der Waals surface area contributed by atoms with Gasteiger partial charge in [-0.15, -0.1) is 11.3 Å². The zero-order chi connectivity index (χ0) is 9.64. The van der Waals surface area contributed by atoms with E-state index in [1.54, 1.807) is 22.7 Å². The summed E-state index contributed by atoms with van der Waals surface area (Å²) in [6, 6.07) is 14.6. The van der Waals surface area contributed by atoms with Crippen molar-refractivity contribution in [2.45, 2.75) is 7.43 Å². The van der Waals surface area contributed by atoms with Crippen LogP contribution in [0.4, 0.5) is 0 Å². The summed E-state index contributed by atoms with van der Waals surface area (Å²) in [6.07, 6.45) is 0. The van der Waals surface area contributed by atoms with Crippen LogP contribution in [-0.2, 0) is 0 Å². The lowest BCUT2D eigenvalue weighted by Gasteiger charge is -1.82. The van der Waals surface area contributed by atoms with Gasteiger partial charge in [0.1, 0.15) is 0 Å². The molecule has 2 heterocycles. The van der Waals surface area contributed by atoms with E-state index in [9.17, 15) is 0 Å². The molecule has 3 rings (SSSR count). The number of hydrogen-bond acceptors (Lipinski definition) is 2.